The summed E-state index contributed by atoms with van der Waals surface area (Å²) in [6.07, 6.45) is 0. The molecule has 6 heterocycles. The van der Waals surface area contributed by atoms with E-state index in [0.717, 1.165) is 88.6 Å². The lowest BCUT2D eigenvalue weighted by molar-refractivity contribution is 0.668. The number of aromatic nitrogens is 3. The minimum Gasteiger partial charge on any atom is -0.456 e. The molecule has 0 amide bonds. The molecule has 0 radical (unpaired) electrons. The van der Waals surface area contributed by atoms with Crippen LogP contribution < -0.4 is 0 Å². The van der Waals surface area contributed by atoms with Crippen LogP contribution in [-0.4, -0.2) is 13.7 Å². The van der Waals surface area contributed by atoms with Crippen molar-refractivity contribution in [3.8, 4) is 117 Å². The lowest BCUT2D eigenvalue weighted by atomic mass is 9.93. The smallest absolute Gasteiger partial charge is 0.143 e. The molecule has 130 heavy (non-hydrogen) atoms. The number of nitrogens with zero attached hydrogens (tertiary/aromatic N) is 3. The van der Waals surface area contributed by atoms with Crippen molar-refractivity contribution >= 4 is 174 Å². The number of furan rings is 3. The minimum absolute atomic E-state index is 0.913. The first-order valence-corrected chi connectivity index (χ1v) is 44.8. The standard InChI is InChI=1S/C44H25NO.2C40H23NO/c1-2-13-30-26(9-1)22-24-39-42(30)43-31(16-8-20-38(43)46-39)28-11-5-12-29(25-28)45-36-19-7-18-35-33-15-4-3-14-32(33)34-17-6-10-27-21-23-37(45)44(40(27)34)41(35)36;1-2-13-29-28(12-1)30-16-6-9-24-21-22-34-40(37(24)30)39-31(29)17-7-18-33(39)41(34)26-11-5-10-25(23-26)27-15-8-20-36-38(27)32-14-3-4-19-35(32)42-36;1-2-13-29-28(12-1)31-16-6-9-24-21-22-35-39(37(24)31)38-32(29)17-8-19-34(38)41(35)26-11-5-10-25(23-26)27-15-7-18-33-30-14-3-4-20-36(30)42-40(27)33/h1-25H;2*1-23H. The molecule has 0 N–H and O–H groups in total. The molecule has 28 aromatic rings. The summed E-state index contributed by atoms with van der Waals surface area (Å²) in [6.45, 7) is 0. The van der Waals surface area contributed by atoms with E-state index in [2.05, 4.69) is 420 Å². The third-order valence-electron chi connectivity index (χ3n) is 28.4. The fraction of sp³-hybridized carbons (Fsp3) is 0. The fourth-order valence-corrected chi connectivity index (χ4v) is 23.1. The Labute approximate surface area is 744 Å². The average molecular weight is 1650 g/mol. The summed E-state index contributed by atoms with van der Waals surface area (Å²) in [5, 5.41) is 25.2. The Morgan fingerprint density at radius 1 is 0.138 bits per heavy atom. The van der Waals surface area contributed by atoms with Crippen LogP contribution in [0.25, 0.3) is 292 Å². The van der Waals surface area contributed by atoms with Crippen LogP contribution in [0, 0.1) is 0 Å². The van der Waals surface area contributed by atoms with Crippen molar-refractivity contribution in [3.05, 3.63) is 431 Å². The molecule has 600 valence electrons. The molecule has 0 atom stereocenters. The molecule has 22 aromatic carbocycles. The summed E-state index contributed by atoms with van der Waals surface area (Å²) < 4.78 is 26.4. The molecule has 6 nitrogen and oxygen atoms in total. The molecule has 0 fully saturated rings. The highest BCUT2D eigenvalue weighted by Crippen LogP contribution is 2.56. The first-order valence-electron chi connectivity index (χ1n) is 44.8. The maximum atomic E-state index is 6.44. The molecular weight excluding hydrogens is 1580 g/mol. The Balaban J connectivity index is 0.0000000962. The van der Waals surface area contributed by atoms with Gasteiger partial charge in [-0.1, -0.05) is 328 Å². The topological polar surface area (TPSA) is 54.2 Å². The normalized spacial score (nSPS) is 12.3. The van der Waals surface area contributed by atoms with E-state index >= 15 is 0 Å². The fourth-order valence-electron chi connectivity index (χ4n) is 23.1. The molecule has 31 rings (SSSR count). The molecule has 0 saturated heterocycles. The minimum atomic E-state index is 0.913. The maximum Gasteiger partial charge on any atom is 0.143 e. The van der Waals surface area contributed by atoms with E-state index < -0.39 is 0 Å². The van der Waals surface area contributed by atoms with Crippen molar-refractivity contribution in [1.29, 1.82) is 0 Å². The monoisotopic (exact) mass is 1650 g/mol. The number of benzene rings is 22. The first kappa shape index (κ1) is 71.0. The van der Waals surface area contributed by atoms with Gasteiger partial charge in [-0.15, -0.1) is 0 Å². The van der Waals surface area contributed by atoms with Crippen molar-refractivity contribution in [1.82, 2.24) is 13.7 Å². The molecule has 0 aliphatic heterocycles. The third-order valence-corrected chi connectivity index (χ3v) is 28.4. The third kappa shape index (κ3) is 10.0. The van der Waals surface area contributed by atoms with Crippen molar-refractivity contribution in [2.45, 2.75) is 0 Å². The molecular formula is C124H71N3O3. The summed E-state index contributed by atoms with van der Waals surface area (Å²) in [4.78, 5) is 0. The van der Waals surface area contributed by atoms with Gasteiger partial charge in [-0.05, 0) is 241 Å². The summed E-state index contributed by atoms with van der Waals surface area (Å²) in [6, 6.07) is 156. The first-order chi connectivity index (χ1) is 64.5. The van der Waals surface area contributed by atoms with Gasteiger partial charge in [0.25, 0.3) is 0 Å². The lowest BCUT2D eigenvalue weighted by Crippen LogP contribution is -1.95. The van der Waals surface area contributed by atoms with E-state index in [-0.39, 0.29) is 0 Å². The van der Waals surface area contributed by atoms with Gasteiger partial charge in [0.05, 0.1) is 33.1 Å². The summed E-state index contributed by atoms with van der Waals surface area (Å²) in [5.41, 5.74) is 38.8. The predicted octanol–water partition coefficient (Wildman–Crippen LogP) is 34.6. The van der Waals surface area contributed by atoms with Crippen LogP contribution in [0.5, 0.6) is 0 Å². The number of hydrogen-bond donors (Lipinski definition) is 0. The Bertz CT molecular complexity index is 9850. The molecule has 3 aliphatic carbocycles. The van der Waals surface area contributed by atoms with Gasteiger partial charge < -0.3 is 27.0 Å². The lowest BCUT2D eigenvalue weighted by Gasteiger charge is -2.14. The van der Waals surface area contributed by atoms with Gasteiger partial charge in [0, 0.05) is 87.3 Å². The Morgan fingerprint density at radius 2 is 0.431 bits per heavy atom. The summed E-state index contributed by atoms with van der Waals surface area (Å²) in [7, 11) is 0. The van der Waals surface area contributed by atoms with Crippen LogP contribution in [0.3, 0.4) is 0 Å². The van der Waals surface area contributed by atoms with Crippen LogP contribution in [0.15, 0.2) is 444 Å². The highest BCUT2D eigenvalue weighted by Gasteiger charge is 2.31. The second-order valence-electron chi connectivity index (χ2n) is 35.0. The maximum absolute atomic E-state index is 6.44. The van der Waals surface area contributed by atoms with Crippen LogP contribution in [0.4, 0.5) is 0 Å². The Morgan fingerprint density at radius 3 is 0.908 bits per heavy atom. The zero-order valence-corrected chi connectivity index (χ0v) is 70.1. The van der Waals surface area contributed by atoms with Gasteiger partial charge in [0.1, 0.15) is 33.5 Å². The van der Waals surface area contributed by atoms with E-state index in [1.165, 1.54) is 203 Å². The largest absolute Gasteiger partial charge is 0.456 e. The van der Waals surface area contributed by atoms with Crippen LogP contribution in [0.2, 0.25) is 0 Å². The highest BCUT2D eigenvalue weighted by molar-refractivity contribution is 6.34. The molecule has 0 saturated carbocycles. The van der Waals surface area contributed by atoms with Gasteiger partial charge in [-0.25, -0.2) is 0 Å². The van der Waals surface area contributed by atoms with Gasteiger partial charge >= 0.3 is 0 Å². The summed E-state index contributed by atoms with van der Waals surface area (Å²) in [5.74, 6) is 0. The zero-order valence-electron chi connectivity index (χ0n) is 70.1. The predicted molar refractivity (Wildman–Crippen MR) is 544 cm³/mol. The highest BCUT2D eigenvalue weighted by atomic mass is 16.3. The van der Waals surface area contributed by atoms with Crippen molar-refractivity contribution < 1.29 is 13.3 Å². The average Bonchev–Trinajstić information content (AvgIpc) is 1.55. The van der Waals surface area contributed by atoms with Crippen LogP contribution >= 0.6 is 0 Å². The van der Waals surface area contributed by atoms with Gasteiger partial charge in [-0.3, -0.25) is 0 Å². The Kier molecular flexibility index (Phi) is 14.8. The van der Waals surface area contributed by atoms with E-state index in [0.29, 0.717) is 0 Å². The molecule has 0 bridgehead atoms. The quantitative estimate of drug-likeness (QED) is 0.167. The van der Waals surface area contributed by atoms with E-state index in [4.69, 9.17) is 13.3 Å². The van der Waals surface area contributed by atoms with E-state index in [1.54, 1.807) is 0 Å². The molecule has 3 aliphatic rings. The number of hydrogen-bond acceptors (Lipinski definition) is 3. The second-order valence-corrected chi connectivity index (χ2v) is 35.0. The molecule has 6 aromatic heterocycles. The van der Waals surface area contributed by atoms with E-state index in [9.17, 15) is 0 Å². The second kappa shape index (κ2) is 27.1. The van der Waals surface area contributed by atoms with Crippen molar-refractivity contribution in [2.24, 2.45) is 0 Å². The van der Waals surface area contributed by atoms with Gasteiger partial charge in [0.15, 0.2) is 0 Å². The summed E-state index contributed by atoms with van der Waals surface area (Å²) >= 11 is 0. The van der Waals surface area contributed by atoms with E-state index in [1.807, 2.05) is 24.3 Å². The number of fused-ring (bicyclic) bond motifs is 20. The van der Waals surface area contributed by atoms with Gasteiger partial charge in [0.2, 0.25) is 0 Å². The van der Waals surface area contributed by atoms with Crippen molar-refractivity contribution in [3.63, 3.8) is 0 Å². The molecule has 6 heteroatoms. The molecule has 0 spiro atoms. The number of rotatable bonds is 6. The number of para-hydroxylation sites is 3. The Hall–Kier alpha value is -17.3. The van der Waals surface area contributed by atoms with Crippen LogP contribution in [0.1, 0.15) is 0 Å². The zero-order chi connectivity index (χ0) is 84.7. The molecule has 0 unspecified atom stereocenters. The SMILES string of the molecule is c1cc(-c2cccc3c2oc2ccccc23)cc(-n2c3cccc4c3c3c5c(cccc5ccc32)-c2ccccc2-4)c1.c1cc(-c2cccc3oc4ccc5ccccc5c4c23)cc(-n2c3cccc4c3c3c5c(cccc5ccc32)-c2ccccc2-4)c1.c1cc(-c2cccc3oc4ccccc4c23)cc(-n2c3cccc4c3c3c5c(cccc5ccc32)-c2ccccc2-4)c1. The van der Waals surface area contributed by atoms with Gasteiger partial charge in [-0.2, -0.15) is 0 Å². The van der Waals surface area contributed by atoms with Crippen molar-refractivity contribution in [2.75, 3.05) is 0 Å². The van der Waals surface area contributed by atoms with Crippen LogP contribution in [-0.2, 0) is 0 Å².